The maximum atomic E-state index is 13.1. The molecule has 0 spiro atoms. The van der Waals surface area contributed by atoms with E-state index >= 15 is 0 Å². The second-order valence-electron chi connectivity index (χ2n) is 10.0. The van der Waals surface area contributed by atoms with Crippen molar-refractivity contribution in [3.63, 3.8) is 0 Å². The van der Waals surface area contributed by atoms with Crippen LogP contribution in [0, 0.1) is 35.5 Å². The predicted octanol–water partition coefficient (Wildman–Crippen LogP) is 5.57. The number of benzene rings is 3. The van der Waals surface area contributed by atoms with Crippen molar-refractivity contribution in [2.24, 2.45) is 40.6 Å². The lowest BCUT2D eigenvalue weighted by atomic mass is 9.63. The molecule has 4 aliphatic carbocycles. The molecule has 0 radical (unpaired) electrons. The SMILES string of the molecule is O=C1[C@@H]2[C@H]3C=C[C@@H]([C@@H]4C[C@H]34)[C@H]2C(=O)N1/N=C\c1ccc(OCc2cccc3ccccc23)c(Br)c1. The fourth-order valence-electron chi connectivity index (χ4n) is 6.47. The summed E-state index contributed by atoms with van der Waals surface area (Å²) in [6.07, 6.45) is 7.09. The third-order valence-corrected chi connectivity index (χ3v) is 8.80. The van der Waals surface area contributed by atoms with Gasteiger partial charge in [-0.3, -0.25) is 9.59 Å². The van der Waals surface area contributed by atoms with Gasteiger partial charge < -0.3 is 4.74 Å². The van der Waals surface area contributed by atoms with Gasteiger partial charge in [0, 0.05) is 0 Å². The average Bonchev–Trinajstić information content (AvgIpc) is 3.66. The van der Waals surface area contributed by atoms with Crippen molar-refractivity contribution in [2.75, 3.05) is 0 Å². The van der Waals surface area contributed by atoms with E-state index in [-0.39, 0.29) is 35.5 Å². The lowest BCUT2D eigenvalue weighted by molar-refractivity contribution is -0.140. The van der Waals surface area contributed by atoms with Crippen molar-refractivity contribution < 1.29 is 14.3 Å². The zero-order valence-corrected chi connectivity index (χ0v) is 20.5. The first kappa shape index (κ1) is 21.1. The van der Waals surface area contributed by atoms with Gasteiger partial charge in [0.05, 0.1) is 22.5 Å². The summed E-state index contributed by atoms with van der Waals surface area (Å²) in [5.41, 5.74) is 1.91. The molecular weight excluding hydrogens is 504 g/mol. The van der Waals surface area contributed by atoms with E-state index in [1.165, 1.54) is 10.8 Å². The van der Waals surface area contributed by atoms with Crippen molar-refractivity contribution >= 4 is 44.7 Å². The standard InChI is InChI=1S/C29H23BrN2O3/c30-24-12-16(8-11-25(24)35-15-18-6-3-5-17-4-1-2-7-19(17)18)14-31-32-28(33)26-20-9-10-21(23-13-22(20)23)27(26)29(32)34/h1-12,14,20-23,26-27H,13,15H2/b31-14-/t20-,21-,22-,23+,26+,27+/m0/s1. The largest absolute Gasteiger partial charge is 0.488 e. The number of fused-ring (bicyclic) bond motifs is 1. The van der Waals surface area contributed by atoms with Gasteiger partial charge in [-0.25, -0.2) is 0 Å². The lowest BCUT2D eigenvalue weighted by Gasteiger charge is -2.37. The Morgan fingerprint density at radius 2 is 1.66 bits per heavy atom. The molecule has 1 saturated heterocycles. The molecule has 35 heavy (non-hydrogen) atoms. The van der Waals surface area contributed by atoms with Crippen molar-refractivity contribution in [3.8, 4) is 5.75 Å². The summed E-state index contributed by atoms with van der Waals surface area (Å²) in [6, 6.07) is 20.1. The van der Waals surface area contributed by atoms with Crippen molar-refractivity contribution in [3.05, 3.63) is 88.4 Å². The Hall–Kier alpha value is -3.25. The maximum Gasteiger partial charge on any atom is 0.254 e. The highest BCUT2D eigenvalue weighted by molar-refractivity contribution is 9.10. The predicted molar refractivity (Wildman–Crippen MR) is 137 cm³/mol. The van der Waals surface area contributed by atoms with Crippen LogP contribution in [0.15, 0.2) is 82.4 Å². The fourth-order valence-corrected chi connectivity index (χ4v) is 6.98. The Balaban J connectivity index is 1.06. The van der Waals surface area contributed by atoms with Gasteiger partial charge in [0.15, 0.2) is 0 Å². The van der Waals surface area contributed by atoms with Crippen LogP contribution in [0.2, 0.25) is 0 Å². The molecular formula is C29H23BrN2O3. The molecule has 3 aromatic carbocycles. The highest BCUT2D eigenvalue weighted by Gasteiger charge is 2.67. The van der Waals surface area contributed by atoms with Gasteiger partial charge in [-0.15, -0.1) is 0 Å². The van der Waals surface area contributed by atoms with E-state index < -0.39 is 0 Å². The van der Waals surface area contributed by atoms with Crippen molar-refractivity contribution in [1.29, 1.82) is 0 Å². The van der Waals surface area contributed by atoms with Gasteiger partial charge in [-0.2, -0.15) is 10.1 Å². The van der Waals surface area contributed by atoms with Crippen molar-refractivity contribution in [1.82, 2.24) is 5.01 Å². The van der Waals surface area contributed by atoms with E-state index in [0.717, 1.165) is 32.8 Å². The fraction of sp³-hybridized carbons (Fsp3) is 0.276. The monoisotopic (exact) mass is 526 g/mol. The Kier molecular flexibility index (Phi) is 4.75. The number of nitrogens with zero attached hydrogens (tertiary/aromatic N) is 2. The first-order valence-corrected chi connectivity index (χ1v) is 12.9. The second-order valence-corrected chi connectivity index (χ2v) is 10.9. The van der Waals surface area contributed by atoms with E-state index in [4.69, 9.17) is 4.74 Å². The van der Waals surface area contributed by atoms with Gasteiger partial charge in [-0.1, -0.05) is 54.6 Å². The summed E-state index contributed by atoms with van der Waals surface area (Å²) in [5.74, 6) is 1.57. The van der Waals surface area contributed by atoms with Gasteiger partial charge in [0.1, 0.15) is 12.4 Å². The molecule has 0 N–H and O–H groups in total. The third kappa shape index (κ3) is 3.30. The topological polar surface area (TPSA) is 59.0 Å². The number of hydrazone groups is 1. The van der Waals surface area contributed by atoms with Crippen LogP contribution in [0.1, 0.15) is 17.5 Å². The second kappa shape index (κ2) is 7.89. The number of hydrogen-bond donors (Lipinski definition) is 0. The minimum atomic E-state index is -0.227. The van der Waals surface area contributed by atoms with Crippen LogP contribution in [0.5, 0.6) is 5.75 Å². The highest BCUT2D eigenvalue weighted by atomic mass is 79.9. The van der Waals surface area contributed by atoms with Gasteiger partial charge in [0.25, 0.3) is 11.8 Å². The van der Waals surface area contributed by atoms with Crippen LogP contribution >= 0.6 is 15.9 Å². The highest BCUT2D eigenvalue weighted by Crippen LogP contribution is 2.65. The first-order chi connectivity index (χ1) is 17.1. The minimum absolute atomic E-state index is 0.143. The van der Waals surface area contributed by atoms with Gasteiger partial charge in [-0.05, 0) is 86.1 Å². The van der Waals surface area contributed by atoms with Crippen LogP contribution in [0.4, 0.5) is 0 Å². The molecule has 6 atom stereocenters. The zero-order valence-electron chi connectivity index (χ0n) is 18.9. The summed E-state index contributed by atoms with van der Waals surface area (Å²) in [5, 5.41) is 7.81. The van der Waals surface area contributed by atoms with E-state index in [1.54, 1.807) is 6.21 Å². The van der Waals surface area contributed by atoms with Gasteiger partial charge in [0.2, 0.25) is 0 Å². The summed E-state index contributed by atoms with van der Waals surface area (Å²) in [6.45, 7) is 0.450. The Morgan fingerprint density at radius 3 is 2.40 bits per heavy atom. The zero-order chi connectivity index (χ0) is 23.7. The number of halogens is 1. The van der Waals surface area contributed by atoms with Crippen LogP contribution in [0.3, 0.4) is 0 Å². The summed E-state index contributed by atoms with van der Waals surface area (Å²) < 4.78 is 6.88. The molecule has 2 amide bonds. The molecule has 1 heterocycles. The Morgan fingerprint density at radius 1 is 0.943 bits per heavy atom. The number of allylic oxidation sites excluding steroid dienone is 2. The molecule has 5 aliphatic rings. The normalized spacial score (nSPS) is 30.3. The molecule has 0 aromatic heterocycles. The van der Waals surface area contributed by atoms with Crippen LogP contribution in [-0.4, -0.2) is 23.0 Å². The Labute approximate surface area is 211 Å². The number of rotatable bonds is 5. The number of imide groups is 1. The number of carbonyl (C=O) groups is 2. The number of hydrogen-bond acceptors (Lipinski definition) is 4. The average molecular weight is 527 g/mol. The van der Waals surface area contributed by atoms with Crippen LogP contribution in [0.25, 0.3) is 10.8 Å². The summed E-state index contributed by atoms with van der Waals surface area (Å²) in [7, 11) is 0. The third-order valence-electron chi connectivity index (χ3n) is 8.18. The number of amides is 2. The Bertz CT molecular complexity index is 1410. The van der Waals surface area contributed by atoms with Crippen LogP contribution in [-0.2, 0) is 16.2 Å². The molecule has 5 nitrogen and oxygen atoms in total. The van der Waals surface area contributed by atoms with E-state index in [1.807, 2.05) is 36.4 Å². The maximum absolute atomic E-state index is 13.1. The molecule has 6 heteroatoms. The lowest BCUT2D eigenvalue weighted by Crippen LogP contribution is -2.40. The molecule has 8 rings (SSSR count). The molecule has 2 bridgehead atoms. The smallest absolute Gasteiger partial charge is 0.254 e. The number of carbonyl (C=O) groups excluding carboxylic acids is 2. The van der Waals surface area contributed by atoms with Crippen molar-refractivity contribution in [2.45, 2.75) is 13.0 Å². The van der Waals surface area contributed by atoms with E-state index in [0.29, 0.717) is 18.4 Å². The molecule has 1 aliphatic heterocycles. The quantitative estimate of drug-likeness (QED) is 0.248. The molecule has 3 aromatic rings. The van der Waals surface area contributed by atoms with E-state index in [9.17, 15) is 9.59 Å². The minimum Gasteiger partial charge on any atom is -0.488 e. The molecule has 2 saturated carbocycles. The van der Waals surface area contributed by atoms with Crippen LogP contribution < -0.4 is 4.74 Å². The first-order valence-electron chi connectivity index (χ1n) is 12.1. The molecule has 0 unspecified atom stereocenters. The van der Waals surface area contributed by atoms with Gasteiger partial charge >= 0.3 is 0 Å². The number of ether oxygens (including phenoxy) is 1. The molecule has 3 fully saturated rings. The summed E-state index contributed by atoms with van der Waals surface area (Å²) >= 11 is 3.59. The summed E-state index contributed by atoms with van der Waals surface area (Å²) in [4.78, 5) is 26.2. The molecule has 174 valence electrons. The van der Waals surface area contributed by atoms with E-state index in [2.05, 4.69) is 57.4 Å².